The highest BCUT2D eigenvalue weighted by Crippen LogP contribution is 2.19. The summed E-state index contributed by atoms with van der Waals surface area (Å²) in [6.45, 7) is 2.41. The van der Waals surface area contributed by atoms with Gasteiger partial charge in [-0.25, -0.2) is 0 Å². The standard InChI is InChI=1S/C22H26BrN3O2/c1-25(14-17-9-11-19(23)12-10-17)21(27)16-26-13-5-6-18(15-26)22(28)24-20-7-3-2-4-8-20/h2-4,7-12,18H,5-6,13-16H2,1H3,(H,24,28). The highest BCUT2D eigenvalue weighted by molar-refractivity contribution is 9.10. The molecular weight excluding hydrogens is 418 g/mol. The molecule has 0 aliphatic carbocycles. The Kier molecular flexibility index (Phi) is 7.23. The molecule has 2 aromatic rings. The quantitative estimate of drug-likeness (QED) is 0.739. The number of amides is 2. The van der Waals surface area contributed by atoms with Crippen LogP contribution in [0.2, 0.25) is 0 Å². The molecule has 1 aliphatic rings. The van der Waals surface area contributed by atoms with Gasteiger partial charge in [-0.05, 0) is 49.2 Å². The van der Waals surface area contributed by atoms with Gasteiger partial charge in [0.05, 0.1) is 12.5 Å². The first kappa shape index (κ1) is 20.6. The van der Waals surface area contributed by atoms with Gasteiger partial charge in [-0.15, -0.1) is 0 Å². The van der Waals surface area contributed by atoms with Crippen molar-refractivity contribution >= 4 is 33.4 Å². The number of piperidine rings is 1. The molecule has 1 saturated heterocycles. The van der Waals surface area contributed by atoms with E-state index in [4.69, 9.17) is 0 Å². The Hall–Kier alpha value is -2.18. The normalized spacial score (nSPS) is 17.1. The highest BCUT2D eigenvalue weighted by atomic mass is 79.9. The SMILES string of the molecule is CN(Cc1ccc(Br)cc1)C(=O)CN1CCCC(C(=O)Nc2ccccc2)C1. The molecule has 1 fully saturated rings. The average molecular weight is 444 g/mol. The number of para-hydroxylation sites is 1. The summed E-state index contributed by atoms with van der Waals surface area (Å²) in [6.07, 6.45) is 1.79. The molecule has 2 aromatic carbocycles. The number of hydrogen-bond donors (Lipinski definition) is 1. The van der Waals surface area contributed by atoms with E-state index >= 15 is 0 Å². The second-order valence-corrected chi connectivity index (χ2v) is 8.22. The number of nitrogens with one attached hydrogen (secondary N) is 1. The molecular formula is C22H26BrN3O2. The maximum absolute atomic E-state index is 12.6. The first-order valence-corrected chi connectivity index (χ1v) is 10.4. The summed E-state index contributed by atoms with van der Waals surface area (Å²) >= 11 is 3.42. The van der Waals surface area contributed by atoms with E-state index in [9.17, 15) is 9.59 Å². The molecule has 6 heteroatoms. The van der Waals surface area contributed by atoms with E-state index in [2.05, 4.69) is 26.1 Å². The Morgan fingerprint density at radius 2 is 1.86 bits per heavy atom. The van der Waals surface area contributed by atoms with E-state index < -0.39 is 0 Å². The zero-order chi connectivity index (χ0) is 19.9. The zero-order valence-electron chi connectivity index (χ0n) is 16.1. The van der Waals surface area contributed by atoms with Crippen LogP contribution in [0.15, 0.2) is 59.1 Å². The Balaban J connectivity index is 1.50. The number of anilines is 1. The van der Waals surface area contributed by atoms with Crippen LogP contribution in [0.1, 0.15) is 18.4 Å². The molecule has 1 unspecified atom stereocenters. The summed E-state index contributed by atoms with van der Waals surface area (Å²) in [6, 6.07) is 17.5. The van der Waals surface area contributed by atoms with Gasteiger partial charge in [0.2, 0.25) is 11.8 Å². The fraction of sp³-hybridized carbons (Fsp3) is 0.364. The lowest BCUT2D eigenvalue weighted by molar-refractivity contribution is -0.133. The molecule has 0 aromatic heterocycles. The molecule has 0 spiro atoms. The summed E-state index contributed by atoms with van der Waals surface area (Å²) in [4.78, 5) is 29.0. The number of likely N-dealkylation sites (tertiary alicyclic amines) is 1. The van der Waals surface area contributed by atoms with Gasteiger partial charge in [0.1, 0.15) is 0 Å². The van der Waals surface area contributed by atoms with Gasteiger partial charge in [-0.1, -0.05) is 46.3 Å². The number of benzene rings is 2. The van der Waals surface area contributed by atoms with Crippen LogP contribution in [-0.4, -0.2) is 48.3 Å². The first-order chi connectivity index (χ1) is 13.5. The van der Waals surface area contributed by atoms with Gasteiger partial charge >= 0.3 is 0 Å². The Morgan fingerprint density at radius 3 is 2.57 bits per heavy atom. The summed E-state index contributed by atoms with van der Waals surface area (Å²) in [5.74, 6) is 0.0251. The fourth-order valence-electron chi connectivity index (χ4n) is 3.44. The van der Waals surface area contributed by atoms with E-state index in [0.29, 0.717) is 19.6 Å². The topological polar surface area (TPSA) is 52.7 Å². The van der Waals surface area contributed by atoms with E-state index in [1.165, 1.54) is 0 Å². The molecule has 0 radical (unpaired) electrons. The molecule has 28 heavy (non-hydrogen) atoms. The van der Waals surface area contributed by atoms with Crippen LogP contribution in [0.25, 0.3) is 0 Å². The van der Waals surface area contributed by atoms with Gasteiger partial charge < -0.3 is 10.2 Å². The van der Waals surface area contributed by atoms with Crippen LogP contribution in [0.4, 0.5) is 5.69 Å². The third-order valence-electron chi connectivity index (χ3n) is 5.04. The van der Waals surface area contributed by atoms with Gasteiger partial charge in [0.15, 0.2) is 0 Å². The van der Waals surface area contributed by atoms with Crippen molar-refractivity contribution in [2.75, 3.05) is 32.0 Å². The minimum Gasteiger partial charge on any atom is -0.340 e. The molecule has 0 saturated carbocycles. The molecule has 5 nitrogen and oxygen atoms in total. The Bertz CT molecular complexity index is 795. The second kappa shape index (κ2) is 9.85. The van der Waals surface area contributed by atoms with Gasteiger partial charge in [0.25, 0.3) is 0 Å². The molecule has 2 amide bonds. The molecule has 0 bridgehead atoms. The zero-order valence-corrected chi connectivity index (χ0v) is 17.7. The predicted molar refractivity (Wildman–Crippen MR) is 115 cm³/mol. The molecule has 148 valence electrons. The minimum absolute atomic E-state index is 0.0339. The lowest BCUT2D eigenvalue weighted by Gasteiger charge is -2.32. The third-order valence-corrected chi connectivity index (χ3v) is 5.56. The summed E-state index contributed by atoms with van der Waals surface area (Å²) in [5, 5.41) is 2.98. The first-order valence-electron chi connectivity index (χ1n) is 9.58. The van der Waals surface area contributed by atoms with Crippen molar-refractivity contribution in [1.82, 2.24) is 9.80 Å². The predicted octanol–water partition coefficient (Wildman–Crippen LogP) is 3.76. The number of carbonyl (C=O) groups excluding carboxylic acids is 2. The van der Waals surface area contributed by atoms with Gasteiger partial charge in [-0.2, -0.15) is 0 Å². The van der Waals surface area contributed by atoms with E-state index in [1.54, 1.807) is 4.90 Å². The lowest BCUT2D eigenvalue weighted by Crippen LogP contribution is -2.45. The number of rotatable bonds is 6. The van der Waals surface area contributed by atoms with Crippen molar-refractivity contribution in [3.63, 3.8) is 0 Å². The van der Waals surface area contributed by atoms with Crippen LogP contribution in [0.3, 0.4) is 0 Å². The smallest absolute Gasteiger partial charge is 0.236 e. The van der Waals surface area contributed by atoms with Crippen molar-refractivity contribution in [3.8, 4) is 0 Å². The number of halogens is 1. The van der Waals surface area contributed by atoms with E-state index in [1.807, 2.05) is 61.6 Å². The minimum atomic E-state index is -0.0847. The largest absolute Gasteiger partial charge is 0.340 e. The summed E-state index contributed by atoms with van der Waals surface area (Å²) < 4.78 is 1.03. The number of hydrogen-bond acceptors (Lipinski definition) is 3. The monoisotopic (exact) mass is 443 g/mol. The van der Waals surface area contributed by atoms with Crippen molar-refractivity contribution in [2.45, 2.75) is 19.4 Å². The average Bonchev–Trinajstić information content (AvgIpc) is 2.70. The molecule has 1 heterocycles. The second-order valence-electron chi connectivity index (χ2n) is 7.31. The van der Waals surface area contributed by atoms with E-state index in [0.717, 1.165) is 35.1 Å². The van der Waals surface area contributed by atoms with Gasteiger partial charge in [0, 0.05) is 30.3 Å². The van der Waals surface area contributed by atoms with E-state index in [-0.39, 0.29) is 17.7 Å². The summed E-state index contributed by atoms with van der Waals surface area (Å²) in [7, 11) is 1.83. The number of carbonyl (C=O) groups is 2. The van der Waals surface area contributed by atoms with Crippen LogP contribution < -0.4 is 5.32 Å². The van der Waals surface area contributed by atoms with Crippen molar-refractivity contribution in [1.29, 1.82) is 0 Å². The third kappa shape index (κ3) is 5.91. The molecule has 1 aliphatic heterocycles. The molecule has 3 rings (SSSR count). The van der Waals surface area contributed by atoms with Crippen LogP contribution >= 0.6 is 15.9 Å². The highest BCUT2D eigenvalue weighted by Gasteiger charge is 2.27. The Morgan fingerprint density at radius 1 is 1.14 bits per heavy atom. The maximum atomic E-state index is 12.6. The van der Waals surface area contributed by atoms with Gasteiger partial charge in [-0.3, -0.25) is 14.5 Å². The van der Waals surface area contributed by atoms with Crippen molar-refractivity contribution < 1.29 is 9.59 Å². The van der Waals surface area contributed by atoms with Crippen molar-refractivity contribution in [2.24, 2.45) is 5.92 Å². The lowest BCUT2D eigenvalue weighted by atomic mass is 9.97. The van der Waals surface area contributed by atoms with Crippen LogP contribution in [-0.2, 0) is 16.1 Å². The van der Waals surface area contributed by atoms with Crippen LogP contribution in [0, 0.1) is 5.92 Å². The van der Waals surface area contributed by atoms with Crippen molar-refractivity contribution in [3.05, 3.63) is 64.6 Å². The number of likely N-dealkylation sites (N-methyl/N-ethyl adjacent to an activating group) is 1. The number of nitrogens with zero attached hydrogens (tertiary/aromatic N) is 2. The fourth-order valence-corrected chi connectivity index (χ4v) is 3.71. The maximum Gasteiger partial charge on any atom is 0.236 e. The van der Waals surface area contributed by atoms with Crippen LogP contribution in [0.5, 0.6) is 0 Å². The Labute approximate surface area is 174 Å². The summed E-state index contributed by atoms with van der Waals surface area (Å²) in [5.41, 5.74) is 1.91. The molecule has 1 atom stereocenters. The molecule has 1 N–H and O–H groups in total.